The lowest BCUT2D eigenvalue weighted by Crippen LogP contribution is -2.30. The topological polar surface area (TPSA) is 84.3 Å². The molecule has 1 aliphatic rings. The molecule has 0 atom stereocenters. The quantitative estimate of drug-likeness (QED) is 0.641. The van der Waals surface area contributed by atoms with Crippen LogP contribution in [0.2, 0.25) is 5.02 Å². The Kier molecular flexibility index (Phi) is 5.84. The lowest BCUT2D eigenvalue weighted by Gasteiger charge is -2.21. The number of nitro groups is 1. The van der Waals surface area contributed by atoms with Gasteiger partial charge in [0.1, 0.15) is 0 Å². The fraction of sp³-hybridized carbons (Fsp3) is 0.462. The Labute approximate surface area is 131 Å². The number of carbonyl (C=O) groups excluding carboxylic acids is 1. The zero-order valence-electron chi connectivity index (χ0n) is 11.3. The SMILES string of the molecule is O=C(CSC1CCNCC1)Nc1cc([N+](=O)[O-])ccc1Cl. The van der Waals surface area contributed by atoms with Gasteiger partial charge in [0.2, 0.25) is 5.91 Å². The Bertz CT molecular complexity index is 535. The molecule has 1 heterocycles. The molecule has 8 heteroatoms. The van der Waals surface area contributed by atoms with Gasteiger partial charge in [-0.25, -0.2) is 0 Å². The van der Waals surface area contributed by atoms with E-state index in [-0.39, 0.29) is 17.3 Å². The molecule has 0 unspecified atom stereocenters. The van der Waals surface area contributed by atoms with Gasteiger partial charge in [0.05, 0.1) is 21.4 Å². The van der Waals surface area contributed by atoms with Crippen molar-refractivity contribution >= 4 is 40.6 Å². The minimum absolute atomic E-state index is 0.0966. The van der Waals surface area contributed by atoms with E-state index in [2.05, 4.69) is 10.6 Å². The summed E-state index contributed by atoms with van der Waals surface area (Å²) in [7, 11) is 0. The summed E-state index contributed by atoms with van der Waals surface area (Å²) in [4.78, 5) is 22.1. The normalized spacial score (nSPS) is 15.7. The highest BCUT2D eigenvalue weighted by molar-refractivity contribution is 8.00. The van der Waals surface area contributed by atoms with Gasteiger partial charge in [0.25, 0.3) is 5.69 Å². The summed E-state index contributed by atoms with van der Waals surface area (Å²) in [6.07, 6.45) is 2.10. The van der Waals surface area contributed by atoms with E-state index in [1.165, 1.54) is 18.2 Å². The molecule has 0 aliphatic carbocycles. The first-order valence-corrected chi connectivity index (χ1v) is 8.05. The van der Waals surface area contributed by atoms with Crippen molar-refractivity contribution in [2.75, 3.05) is 24.2 Å². The van der Waals surface area contributed by atoms with Gasteiger partial charge in [-0.15, -0.1) is 11.8 Å². The lowest BCUT2D eigenvalue weighted by molar-refractivity contribution is -0.384. The third kappa shape index (κ3) is 4.87. The number of rotatable bonds is 5. The van der Waals surface area contributed by atoms with E-state index in [1.54, 1.807) is 11.8 Å². The van der Waals surface area contributed by atoms with E-state index < -0.39 is 4.92 Å². The second-order valence-corrected chi connectivity index (χ2v) is 6.43. The maximum Gasteiger partial charge on any atom is 0.271 e. The number of nitrogens with zero attached hydrogens (tertiary/aromatic N) is 1. The van der Waals surface area contributed by atoms with Crippen LogP contribution >= 0.6 is 23.4 Å². The fourth-order valence-corrected chi connectivity index (χ4v) is 3.26. The first-order chi connectivity index (χ1) is 10.1. The largest absolute Gasteiger partial charge is 0.324 e. The monoisotopic (exact) mass is 329 g/mol. The number of halogens is 1. The smallest absolute Gasteiger partial charge is 0.271 e. The van der Waals surface area contributed by atoms with Crippen molar-refractivity contribution in [2.24, 2.45) is 0 Å². The summed E-state index contributed by atoms with van der Waals surface area (Å²) < 4.78 is 0. The number of hydrogen-bond acceptors (Lipinski definition) is 5. The van der Waals surface area contributed by atoms with Crippen molar-refractivity contribution in [1.82, 2.24) is 5.32 Å². The molecule has 1 aromatic carbocycles. The Morgan fingerprint density at radius 3 is 2.86 bits per heavy atom. The molecule has 114 valence electrons. The molecule has 1 fully saturated rings. The van der Waals surface area contributed by atoms with Crippen LogP contribution in [0.15, 0.2) is 18.2 Å². The number of hydrogen-bond donors (Lipinski definition) is 2. The van der Waals surface area contributed by atoms with Gasteiger partial charge in [0, 0.05) is 17.4 Å². The van der Waals surface area contributed by atoms with E-state index in [1.807, 2.05) is 0 Å². The zero-order valence-corrected chi connectivity index (χ0v) is 12.9. The molecule has 0 bridgehead atoms. The van der Waals surface area contributed by atoms with Crippen molar-refractivity contribution in [1.29, 1.82) is 0 Å². The van der Waals surface area contributed by atoms with Crippen molar-refractivity contribution in [2.45, 2.75) is 18.1 Å². The van der Waals surface area contributed by atoms with Crippen LogP contribution in [-0.2, 0) is 4.79 Å². The van der Waals surface area contributed by atoms with Crippen molar-refractivity contribution in [3.63, 3.8) is 0 Å². The lowest BCUT2D eigenvalue weighted by atomic mass is 10.2. The first kappa shape index (κ1) is 16.1. The highest BCUT2D eigenvalue weighted by atomic mass is 35.5. The molecular formula is C13H16ClN3O3S. The van der Waals surface area contributed by atoms with Crippen LogP contribution in [0.4, 0.5) is 11.4 Å². The summed E-state index contributed by atoms with van der Waals surface area (Å²) in [6, 6.07) is 3.99. The summed E-state index contributed by atoms with van der Waals surface area (Å²) in [6.45, 7) is 1.96. The fourth-order valence-electron chi connectivity index (χ4n) is 2.06. The number of piperidine rings is 1. The Morgan fingerprint density at radius 2 is 2.19 bits per heavy atom. The Hall–Kier alpha value is -1.31. The zero-order chi connectivity index (χ0) is 15.2. The third-order valence-corrected chi connectivity index (χ3v) is 4.87. The molecule has 2 rings (SSSR count). The number of carbonyl (C=O) groups is 1. The molecule has 0 radical (unpaired) electrons. The summed E-state index contributed by atoms with van der Waals surface area (Å²) in [5.74, 6) is 0.130. The molecule has 0 aromatic heterocycles. The van der Waals surface area contributed by atoms with Gasteiger partial charge in [0.15, 0.2) is 0 Å². The molecule has 21 heavy (non-hydrogen) atoms. The number of amides is 1. The number of thioether (sulfide) groups is 1. The second-order valence-electron chi connectivity index (χ2n) is 4.73. The average Bonchev–Trinajstić information content (AvgIpc) is 2.48. The van der Waals surface area contributed by atoms with Crippen molar-refractivity contribution < 1.29 is 9.72 Å². The van der Waals surface area contributed by atoms with Crippen LogP contribution in [0, 0.1) is 10.1 Å². The number of benzene rings is 1. The van der Waals surface area contributed by atoms with E-state index in [0.717, 1.165) is 25.9 Å². The predicted molar refractivity (Wildman–Crippen MR) is 85.1 cm³/mol. The maximum absolute atomic E-state index is 11.9. The standard InChI is InChI=1S/C13H16ClN3O3S/c14-11-2-1-9(17(19)20)7-12(11)16-13(18)8-21-10-3-5-15-6-4-10/h1-2,7,10,15H,3-6,8H2,(H,16,18). The molecule has 0 spiro atoms. The third-order valence-electron chi connectivity index (χ3n) is 3.17. The molecule has 0 saturated carbocycles. The van der Waals surface area contributed by atoms with Gasteiger partial charge in [-0.05, 0) is 32.0 Å². The Morgan fingerprint density at radius 1 is 1.48 bits per heavy atom. The van der Waals surface area contributed by atoms with Crippen LogP contribution < -0.4 is 10.6 Å². The molecular weight excluding hydrogens is 314 g/mol. The first-order valence-electron chi connectivity index (χ1n) is 6.62. The molecule has 1 aliphatic heterocycles. The number of non-ortho nitro benzene ring substituents is 1. The van der Waals surface area contributed by atoms with Gasteiger partial charge in [-0.2, -0.15) is 0 Å². The summed E-state index contributed by atoms with van der Waals surface area (Å²) in [5.41, 5.74) is 0.183. The molecule has 1 amide bonds. The summed E-state index contributed by atoms with van der Waals surface area (Å²) >= 11 is 7.55. The highest BCUT2D eigenvalue weighted by Crippen LogP contribution is 2.27. The molecule has 1 saturated heterocycles. The molecule has 1 aromatic rings. The van der Waals surface area contributed by atoms with Crippen LogP contribution in [0.3, 0.4) is 0 Å². The van der Waals surface area contributed by atoms with Gasteiger partial charge >= 0.3 is 0 Å². The van der Waals surface area contributed by atoms with Gasteiger partial charge in [-0.3, -0.25) is 14.9 Å². The van der Waals surface area contributed by atoms with Crippen LogP contribution in [0.25, 0.3) is 0 Å². The molecule has 2 N–H and O–H groups in total. The van der Waals surface area contributed by atoms with Gasteiger partial charge in [-0.1, -0.05) is 11.6 Å². The minimum atomic E-state index is -0.518. The van der Waals surface area contributed by atoms with E-state index in [9.17, 15) is 14.9 Å². The Balaban J connectivity index is 1.89. The predicted octanol–water partition coefficient (Wildman–Crippen LogP) is 2.67. The number of nitro benzene ring substituents is 1. The van der Waals surface area contributed by atoms with Crippen molar-refractivity contribution in [3.05, 3.63) is 33.3 Å². The number of anilines is 1. The van der Waals surface area contributed by atoms with Crippen molar-refractivity contribution in [3.8, 4) is 0 Å². The second kappa shape index (κ2) is 7.63. The van der Waals surface area contributed by atoms with Crippen LogP contribution in [-0.4, -0.2) is 34.9 Å². The average molecular weight is 330 g/mol. The van der Waals surface area contributed by atoms with E-state index >= 15 is 0 Å². The highest BCUT2D eigenvalue weighted by Gasteiger charge is 2.16. The minimum Gasteiger partial charge on any atom is -0.324 e. The molecule has 6 nitrogen and oxygen atoms in total. The number of nitrogens with one attached hydrogen (secondary N) is 2. The summed E-state index contributed by atoms with van der Waals surface area (Å²) in [5, 5.41) is 17.4. The van der Waals surface area contributed by atoms with E-state index in [0.29, 0.717) is 16.0 Å². The van der Waals surface area contributed by atoms with Crippen LogP contribution in [0.5, 0.6) is 0 Å². The van der Waals surface area contributed by atoms with Gasteiger partial charge < -0.3 is 10.6 Å². The van der Waals surface area contributed by atoms with E-state index in [4.69, 9.17) is 11.6 Å². The maximum atomic E-state index is 11.9. The van der Waals surface area contributed by atoms with Crippen LogP contribution in [0.1, 0.15) is 12.8 Å².